The third kappa shape index (κ3) is 4.38. The molecule has 0 N–H and O–H groups in total. The number of carbonyl (C=O) groups excluding carboxylic acids is 1. The van der Waals surface area contributed by atoms with Crippen LogP contribution in [0.1, 0.15) is 23.2 Å². The van der Waals surface area contributed by atoms with Crippen molar-refractivity contribution < 1.29 is 23.5 Å². The van der Waals surface area contributed by atoms with Gasteiger partial charge in [-0.05, 0) is 37.3 Å². The number of halogens is 1. The number of nitrogens with zero attached hydrogens (tertiary/aromatic N) is 2. The molecule has 3 rings (SSSR count). The van der Waals surface area contributed by atoms with Gasteiger partial charge in [-0.25, -0.2) is 4.79 Å². The first kappa shape index (κ1) is 18.7. The van der Waals surface area contributed by atoms with Gasteiger partial charge in [-0.15, -0.1) is 0 Å². The Kier molecular flexibility index (Phi) is 5.93. The maximum absolute atomic E-state index is 12.3. The quantitative estimate of drug-likeness (QED) is 0.562. The second-order valence-corrected chi connectivity index (χ2v) is 5.77. The van der Waals surface area contributed by atoms with Crippen LogP contribution in [0.2, 0.25) is 5.02 Å². The SMILES string of the molecule is CCOc1cc(C(=O)OCc2nc(-c3ccccc3Cl)no2)ccc1OC. The molecule has 0 spiro atoms. The minimum absolute atomic E-state index is 0.160. The number of hydrogen-bond acceptors (Lipinski definition) is 7. The summed E-state index contributed by atoms with van der Waals surface area (Å²) in [5.74, 6) is 0.950. The van der Waals surface area contributed by atoms with Gasteiger partial charge in [-0.1, -0.05) is 28.9 Å². The molecule has 0 amide bonds. The highest BCUT2D eigenvalue weighted by molar-refractivity contribution is 6.33. The van der Waals surface area contributed by atoms with Crippen LogP contribution >= 0.6 is 11.6 Å². The molecule has 0 atom stereocenters. The molecule has 7 nitrogen and oxygen atoms in total. The van der Waals surface area contributed by atoms with Gasteiger partial charge in [0.2, 0.25) is 5.82 Å². The van der Waals surface area contributed by atoms with E-state index in [-0.39, 0.29) is 12.5 Å². The maximum Gasteiger partial charge on any atom is 0.338 e. The minimum Gasteiger partial charge on any atom is -0.493 e. The lowest BCUT2D eigenvalue weighted by molar-refractivity contribution is 0.0429. The molecule has 140 valence electrons. The van der Waals surface area contributed by atoms with E-state index in [0.29, 0.717) is 40.1 Å². The molecule has 0 aliphatic carbocycles. The molecule has 3 aromatic rings. The zero-order chi connectivity index (χ0) is 19.2. The molecule has 1 aromatic heterocycles. The first-order chi connectivity index (χ1) is 13.1. The molecular weight excluding hydrogens is 372 g/mol. The summed E-state index contributed by atoms with van der Waals surface area (Å²) in [6.07, 6.45) is 0. The van der Waals surface area contributed by atoms with Crippen molar-refractivity contribution in [2.24, 2.45) is 0 Å². The fourth-order valence-electron chi connectivity index (χ4n) is 2.35. The van der Waals surface area contributed by atoms with Crippen molar-refractivity contribution in [2.45, 2.75) is 13.5 Å². The van der Waals surface area contributed by atoms with E-state index in [1.54, 1.807) is 36.4 Å². The van der Waals surface area contributed by atoms with Gasteiger partial charge in [-0.3, -0.25) is 0 Å². The topological polar surface area (TPSA) is 83.7 Å². The Balaban J connectivity index is 1.68. The molecule has 0 saturated carbocycles. The molecular formula is C19H17ClN2O5. The fourth-order valence-corrected chi connectivity index (χ4v) is 2.57. The van der Waals surface area contributed by atoms with Gasteiger partial charge >= 0.3 is 5.97 Å². The summed E-state index contributed by atoms with van der Waals surface area (Å²) in [5, 5.41) is 4.36. The van der Waals surface area contributed by atoms with E-state index in [4.69, 9.17) is 30.3 Å². The van der Waals surface area contributed by atoms with Crippen molar-refractivity contribution in [2.75, 3.05) is 13.7 Å². The van der Waals surface area contributed by atoms with Crippen LogP contribution in [0.3, 0.4) is 0 Å². The highest BCUT2D eigenvalue weighted by Gasteiger charge is 2.16. The zero-order valence-electron chi connectivity index (χ0n) is 14.8. The summed E-state index contributed by atoms with van der Waals surface area (Å²) in [4.78, 5) is 16.5. The van der Waals surface area contributed by atoms with Crippen LogP contribution in [0.25, 0.3) is 11.4 Å². The molecule has 0 aliphatic heterocycles. The van der Waals surface area contributed by atoms with Crippen LogP contribution in [0, 0.1) is 0 Å². The van der Waals surface area contributed by atoms with Crippen molar-refractivity contribution in [3.8, 4) is 22.9 Å². The van der Waals surface area contributed by atoms with E-state index in [1.165, 1.54) is 7.11 Å². The largest absolute Gasteiger partial charge is 0.493 e. The fraction of sp³-hybridized carbons (Fsp3) is 0.211. The van der Waals surface area contributed by atoms with Crippen molar-refractivity contribution in [1.29, 1.82) is 0 Å². The number of esters is 1. The van der Waals surface area contributed by atoms with Gasteiger partial charge in [0.15, 0.2) is 18.1 Å². The van der Waals surface area contributed by atoms with E-state index in [9.17, 15) is 4.79 Å². The molecule has 0 fully saturated rings. The second kappa shape index (κ2) is 8.55. The van der Waals surface area contributed by atoms with E-state index in [1.807, 2.05) is 13.0 Å². The number of aromatic nitrogens is 2. The van der Waals surface area contributed by atoms with Crippen molar-refractivity contribution in [3.63, 3.8) is 0 Å². The standard InChI is InChI=1S/C19H17ClN2O5/c1-3-25-16-10-12(8-9-15(16)24-2)19(23)26-11-17-21-18(22-27-17)13-6-4-5-7-14(13)20/h4-10H,3,11H2,1-2H3. The number of rotatable bonds is 7. The first-order valence-corrected chi connectivity index (χ1v) is 8.55. The average molecular weight is 389 g/mol. The molecule has 0 radical (unpaired) electrons. The summed E-state index contributed by atoms with van der Waals surface area (Å²) in [6, 6.07) is 11.9. The van der Waals surface area contributed by atoms with Crippen LogP contribution in [-0.2, 0) is 11.3 Å². The Morgan fingerprint density at radius 1 is 1.19 bits per heavy atom. The second-order valence-electron chi connectivity index (χ2n) is 5.37. The first-order valence-electron chi connectivity index (χ1n) is 8.17. The van der Waals surface area contributed by atoms with Crippen LogP contribution in [0.5, 0.6) is 11.5 Å². The van der Waals surface area contributed by atoms with Gasteiger partial charge in [-0.2, -0.15) is 4.98 Å². The minimum atomic E-state index is -0.545. The van der Waals surface area contributed by atoms with Gasteiger partial charge in [0, 0.05) is 5.56 Å². The number of hydrogen-bond donors (Lipinski definition) is 0. The molecule has 0 saturated heterocycles. The molecule has 0 aliphatic rings. The number of ether oxygens (including phenoxy) is 3. The summed E-state index contributed by atoms with van der Waals surface area (Å²) in [6.45, 7) is 2.13. The highest BCUT2D eigenvalue weighted by Crippen LogP contribution is 2.28. The summed E-state index contributed by atoms with van der Waals surface area (Å²) in [7, 11) is 1.53. The Morgan fingerprint density at radius 3 is 2.74 bits per heavy atom. The zero-order valence-corrected chi connectivity index (χ0v) is 15.5. The molecule has 8 heteroatoms. The average Bonchev–Trinajstić information content (AvgIpc) is 3.15. The Bertz CT molecular complexity index is 941. The predicted octanol–water partition coefficient (Wildman–Crippen LogP) is 4.15. The van der Waals surface area contributed by atoms with E-state index in [0.717, 1.165) is 0 Å². The normalized spacial score (nSPS) is 10.5. The van der Waals surface area contributed by atoms with Crippen LogP contribution < -0.4 is 9.47 Å². The van der Waals surface area contributed by atoms with Gasteiger partial charge in [0.1, 0.15) is 0 Å². The predicted molar refractivity (Wildman–Crippen MR) is 98.0 cm³/mol. The van der Waals surface area contributed by atoms with Crippen LogP contribution in [-0.4, -0.2) is 29.8 Å². The lowest BCUT2D eigenvalue weighted by atomic mass is 10.2. The summed E-state index contributed by atoms with van der Waals surface area (Å²) >= 11 is 6.11. The van der Waals surface area contributed by atoms with E-state index < -0.39 is 5.97 Å². The van der Waals surface area contributed by atoms with Gasteiger partial charge in [0.25, 0.3) is 5.89 Å². The molecule has 1 heterocycles. The summed E-state index contributed by atoms with van der Waals surface area (Å²) < 4.78 is 21.0. The summed E-state index contributed by atoms with van der Waals surface area (Å²) in [5.41, 5.74) is 0.960. The Morgan fingerprint density at radius 2 is 2.00 bits per heavy atom. The van der Waals surface area contributed by atoms with Crippen LogP contribution in [0.4, 0.5) is 0 Å². The molecule has 0 unspecified atom stereocenters. The van der Waals surface area contributed by atoms with Gasteiger partial charge < -0.3 is 18.7 Å². The Labute approximate surface area is 160 Å². The lowest BCUT2D eigenvalue weighted by Crippen LogP contribution is -2.06. The van der Waals surface area contributed by atoms with Crippen molar-refractivity contribution >= 4 is 17.6 Å². The highest BCUT2D eigenvalue weighted by atomic mass is 35.5. The third-order valence-electron chi connectivity index (χ3n) is 3.61. The molecule has 0 bridgehead atoms. The smallest absolute Gasteiger partial charge is 0.338 e. The number of methoxy groups -OCH3 is 1. The maximum atomic E-state index is 12.3. The number of carbonyl (C=O) groups is 1. The van der Waals surface area contributed by atoms with Gasteiger partial charge in [0.05, 0.1) is 24.3 Å². The lowest BCUT2D eigenvalue weighted by Gasteiger charge is -2.10. The number of benzene rings is 2. The van der Waals surface area contributed by atoms with Crippen LogP contribution in [0.15, 0.2) is 47.0 Å². The molecule has 27 heavy (non-hydrogen) atoms. The monoisotopic (exact) mass is 388 g/mol. The molecule has 2 aromatic carbocycles. The van der Waals surface area contributed by atoms with Crippen molar-refractivity contribution in [1.82, 2.24) is 10.1 Å². The van der Waals surface area contributed by atoms with E-state index in [2.05, 4.69) is 10.1 Å². The third-order valence-corrected chi connectivity index (χ3v) is 3.94. The van der Waals surface area contributed by atoms with E-state index >= 15 is 0 Å². The Hall–Kier alpha value is -3.06. The van der Waals surface area contributed by atoms with Crippen molar-refractivity contribution in [3.05, 3.63) is 58.9 Å².